The lowest BCUT2D eigenvalue weighted by Gasteiger charge is -2.01. The molecule has 0 bridgehead atoms. The normalized spacial score (nSPS) is 9.75. The molecule has 0 saturated carbocycles. The van der Waals surface area contributed by atoms with Gasteiger partial charge in [-0.25, -0.2) is 0 Å². The summed E-state index contributed by atoms with van der Waals surface area (Å²) in [4.78, 5) is 0. The maximum absolute atomic E-state index is 8.62. The fraction of sp³-hybridized carbons (Fsp3) is 0.100. The van der Waals surface area contributed by atoms with Crippen LogP contribution in [0, 0.1) is 10.7 Å². The van der Waals surface area contributed by atoms with Gasteiger partial charge in [0.05, 0.1) is 18.8 Å². The quantitative estimate of drug-likeness (QED) is 0.618. The van der Waals surface area contributed by atoms with E-state index < -0.39 is 0 Å². The number of rotatable bonds is 3. The predicted molar refractivity (Wildman–Crippen MR) is 63.4 cm³/mol. The van der Waals surface area contributed by atoms with Crippen molar-refractivity contribution in [3.63, 3.8) is 0 Å². The molecule has 16 heavy (non-hydrogen) atoms. The van der Waals surface area contributed by atoms with Crippen LogP contribution in [-0.2, 0) is 0 Å². The Morgan fingerprint density at radius 2 is 2.06 bits per heavy atom. The first-order valence-electron chi connectivity index (χ1n) is 4.38. The number of methoxy groups -OCH3 is 1. The van der Waals surface area contributed by atoms with Crippen LogP contribution < -0.4 is 4.74 Å². The summed E-state index contributed by atoms with van der Waals surface area (Å²) in [6.45, 7) is 0. The number of nitriles is 1. The zero-order chi connectivity index (χ0) is 11.4. The van der Waals surface area contributed by atoms with Gasteiger partial charge in [0.15, 0.2) is 5.03 Å². The second-order valence-electron chi connectivity index (χ2n) is 2.84. The van der Waals surface area contributed by atoms with E-state index in [0.717, 1.165) is 40.5 Å². The molecule has 0 aliphatic rings. The summed E-state index contributed by atoms with van der Waals surface area (Å²) >= 11 is 2.13. The molecule has 2 rings (SSSR count). The van der Waals surface area contributed by atoms with Gasteiger partial charge in [0, 0.05) is 17.3 Å². The third-order valence-corrected chi connectivity index (χ3v) is 3.18. The maximum Gasteiger partial charge on any atom is 0.152 e. The number of aromatic nitrogens is 2. The molecule has 4 nitrogen and oxygen atoms in total. The minimum atomic E-state index is 0.651. The van der Waals surface area contributed by atoms with Gasteiger partial charge in [0.2, 0.25) is 0 Å². The first-order valence-corrected chi connectivity index (χ1v) is 5.92. The highest BCUT2D eigenvalue weighted by molar-refractivity contribution is 8.03. The molecule has 0 fully saturated rings. The van der Waals surface area contributed by atoms with E-state index in [1.54, 1.807) is 7.11 Å². The van der Waals surface area contributed by atoms with Crippen molar-refractivity contribution in [1.29, 1.82) is 5.26 Å². The van der Waals surface area contributed by atoms with Crippen LogP contribution in [0.15, 0.2) is 29.3 Å². The number of benzene rings is 1. The molecule has 80 valence electrons. The Labute approximate surface area is 101 Å². The molecular formula is C10H7N3OS2. The highest BCUT2D eigenvalue weighted by Crippen LogP contribution is 2.29. The molecule has 0 amide bonds. The smallest absolute Gasteiger partial charge is 0.152 e. The van der Waals surface area contributed by atoms with Crippen LogP contribution in [-0.4, -0.2) is 15.9 Å². The van der Waals surface area contributed by atoms with Crippen LogP contribution in [0.2, 0.25) is 0 Å². The van der Waals surface area contributed by atoms with E-state index in [4.69, 9.17) is 10.00 Å². The number of hydrogen-bond donors (Lipinski definition) is 0. The summed E-state index contributed by atoms with van der Waals surface area (Å²) < 4.78 is 13.3. The van der Waals surface area contributed by atoms with E-state index in [-0.39, 0.29) is 0 Å². The lowest BCUT2D eigenvalue weighted by molar-refractivity contribution is 0.415. The Hall–Kier alpha value is -1.58. The molecule has 0 saturated heterocycles. The van der Waals surface area contributed by atoms with E-state index in [0.29, 0.717) is 5.03 Å². The van der Waals surface area contributed by atoms with Gasteiger partial charge >= 0.3 is 0 Å². The first kappa shape index (κ1) is 10.9. The third-order valence-electron chi connectivity index (χ3n) is 1.96. The van der Waals surface area contributed by atoms with Gasteiger partial charge in [-0.3, -0.25) is 0 Å². The van der Waals surface area contributed by atoms with Crippen molar-refractivity contribution in [1.82, 2.24) is 8.75 Å². The molecule has 0 radical (unpaired) electrons. The Morgan fingerprint density at radius 1 is 1.31 bits per heavy atom. The number of hydrogen-bond acceptors (Lipinski definition) is 6. The Bertz CT molecular complexity index is 516. The van der Waals surface area contributed by atoms with Crippen molar-refractivity contribution >= 4 is 23.5 Å². The van der Waals surface area contributed by atoms with Crippen LogP contribution in [0.5, 0.6) is 5.75 Å². The summed E-state index contributed by atoms with van der Waals surface area (Å²) in [5, 5.41) is 11.3. The van der Waals surface area contributed by atoms with Crippen LogP contribution in [0.25, 0.3) is 11.3 Å². The molecule has 6 heteroatoms. The molecule has 0 N–H and O–H groups in total. The average molecular weight is 249 g/mol. The standard InChI is InChI=1S/C10H7N3OS2/c1-14-8-4-2-7(3-5-8)9-10(15-6-11)13-16-12-9/h2-5H,1H3. The van der Waals surface area contributed by atoms with Gasteiger partial charge in [-0.05, 0) is 24.3 Å². The van der Waals surface area contributed by atoms with Gasteiger partial charge in [-0.15, -0.1) is 0 Å². The van der Waals surface area contributed by atoms with E-state index >= 15 is 0 Å². The number of thiocyanates is 1. The summed E-state index contributed by atoms with van der Waals surface area (Å²) in [6.07, 6.45) is 0. The molecule has 1 heterocycles. The van der Waals surface area contributed by atoms with E-state index in [2.05, 4.69) is 8.75 Å². The zero-order valence-corrected chi connectivity index (χ0v) is 10.0. The van der Waals surface area contributed by atoms with Crippen molar-refractivity contribution in [2.24, 2.45) is 0 Å². The minimum absolute atomic E-state index is 0.651. The van der Waals surface area contributed by atoms with E-state index in [1.165, 1.54) is 0 Å². The van der Waals surface area contributed by atoms with Gasteiger partial charge in [0.1, 0.15) is 16.8 Å². The number of thioether (sulfide) groups is 1. The highest BCUT2D eigenvalue weighted by atomic mass is 32.2. The van der Waals surface area contributed by atoms with E-state index in [9.17, 15) is 0 Å². The number of nitrogens with zero attached hydrogens (tertiary/aromatic N) is 3. The maximum atomic E-state index is 8.62. The molecule has 0 aliphatic carbocycles. The van der Waals surface area contributed by atoms with Crippen LogP contribution in [0.3, 0.4) is 0 Å². The average Bonchev–Trinajstić information content (AvgIpc) is 2.78. The van der Waals surface area contributed by atoms with Crippen LogP contribution in [0.1, 0.15) is 0 Å². The molecule has 1 aromatic heterocycles. The fourth-order valence-corrected chi connectivity index (χ4v) is 2.34. The predicted octanol–water partition coefficient (Wildman–Crippen LogP) is 2.79. The van der Waals surface area contributed by atoms with Gasteiger partial charge < -0.3 is 4.74 Å². The molecule has 2 aromatic rings. The van der Waals surface area contributed by atoms with Gasteiger partial charge in [-0.1, -0.05) is 0 Å². The van der Waals surface area contributed by atoms with Crippen molar-refractivity contribution in [3.8, 4) is 22.4 Å². The summed E-state index contributed by atoms with van der Waals surface area (Å²) in [5.74, 6) is 0.793. The molecule has 0 spiro atoms. The molecule has 1 aromatic carbocycles. The van der Waals surface area contributed by atoms with Gasteiger partial charge in [0.25, 0.3) is 0 Å². The Morgan fingerprint density at radius 3 is 2.69 bits per heavy atom. The second-order valence-corrected chi connectivity index (χ2v) is 4.14. The lowest BCUT2D eigenvalue weighted by atomic mass is 10.2. The topological polar surface area (TPSA) is 58.8 Å². The highest BCUT2D eigenvalue weighted by Gasteiger charge is 2.10. The summed E-state index contributed by atoms with van der Waals surface area (Å²) in [5.41, 5.74) is 1.69. The first-order chi connectivity index (χ1) is 7.85. The lowest BCUT2D eigenvalue weighted by Crippen LogP contribution is -1.83. The zero-order valence-electron chi connectivity index (χ0n) is 8.38. The molecule has 0 aliphatic heterocycles. The van der Waals surface area contributed by atoms with Crippen LogP contribution >= 0.6 is 23.5 Å². The minimum Gasteiger partial charge on any atom is -0.497 e. The SMILES string of the molecule is COc1ccc(-c2nsnc2SC#N)cc1. The van der Waals surface area contributed by atoms with E-state index in [1.807, 2.05) is 29.7 Å². The van der Waals surface area contributed by atoms with Crippen molar-refractivity contribution in [2.75, 3.05) is 7.11 Å². The summed E-state index contributed by atoms with van der Waals surface area (Å²) in [6, 6.07) is 7.51. The fourth-order valence-electron chi connectivity index (χ4n) is 1.22. The Balaban J connectivity index is 2.35. The molecule has 0 atom stereocenters. The number of ether oxygens (including phenoxy) is 1. The van der Waals surface area contributed by atoms with Crippen molar-refractivity contribution in [2.45, 2.75) is 5.03 Å². The second kappa shape index (κ2) is 4.96. The van der Waals surface area contributed by atoms with Crippen LogP contribution in [0.4, 0.5) is 0 Å². The third kappa shape index (κ3) is 2.15. The molecular weight excluding hydrogens is 242 g/mol. The van der Waals surface area contributed by atoms with Gasteiger partial charge in [-0.2, -0.15) is 14.0 Å². The Kier molecular flexibility index (Phi) is 3.39. The summed E-state index contributed by atoms with van der Waals surface area (Å²) in [7, 11) is 1.62. The van der Waals surface area contributed by atoms with Crippen molar-refractivity contribution in [3.05, 3.63) is 24.3 Å². The largest absolute Gasteiger partial charge is 0.497 e. The van der Waals surface area contributed by atoms with Crippen molar-refractivity contribution < 1.29 is 4.74 Å². The molecule has 0 unspecified atom stereocenters. The monoisotopic (exact) mass is 249 g/mol.